The third kappa shape index (κ3) is 4.46. The maximum Gasteiger partial charge on any atom is 0.253 e. The second-order valence-corrected chi connectivity index (χ2v) is 5.83. The number of piperidine rings is 1. The van der Waals surface area contributed by atoms with E-state index in [0.29, 0.717) is 11.5 Å². The zero-order valence-corrected chi connectivity index (χ0v) is 13.2. The molecule has 1 aromatic rings. The summed E-state index contributed by atoms with van der Waals surface area (Å²) in [6.07, 6.45) is 8.46. The van der Waals surface area contributed by atoms with Gasteiger partial charge >= 0.3 is 0 Å². The molecule has 0 bridgehead atoms. The molecule has 1 saturated heterocycles. The van der Waals surface area contributed by atoms with E-state index in [2.05, 4.69) is 18.2 Å². The number of nitrogens with zero attached hydrogens (tertiary/aromatic N) is 2. The first-order valence-electron chi connectivity index (χ1n) is 7.71. The van der Waals surface area contributed by atoms with Crippen LogP contribution in [0.2, 0.25) is 0 Å². The van der Waals surface area contributed by atoms with Crippen LogP contribution >= 0.6 is 0 Å². The Hall–Kier alpha value is -2.55. The van der Waals surface area contributed by atoms with Crippen molar-refractivity contribution < 1.29 is 9.59 Å². The van der Waals surface area contributed by atoms with Gasteiger partial charge in [-0.2, -0.15) is 0 Å². The lowest BCUT2D eigenvalue weighted by Crippen LogP contribution is -2.41. The molecule has 122 valence electrons. The number of terminal acetylenes is 1. The highest BCUT2D eigenvalue weighted by molar-refractivity contribution is 5.94. The van der Waals surface area contributed by atoms with Crippen molar-refractivity contribution in [1.29, 1.82) is 0 Å². The van der Waals surface area contributed by atoms with Gasteiger partial charge in [-0.3, -0.25) is 14.4 Å². The maximum atomic E-state index is 12.3. The molecule has 2 amide bonds. The summed E-state index contributed by atoms with van der Waals surface area (Å²) >= 11 is 0. The fraction of sp³-hybridized carbons (Fsp3) is 0.471. The van der Waals surface area contributed by atoms with Gasteiger partial charge in [0.2, 0.25) is 5.91 Å². The molecule has 0 unspecified atom stereocenters. The molecule has 6 nitrogen and oxygen atoms in total. The van der Waals surface area contributed by atoms with Gasteiger partial charge in [0.05, 0.1) is 12.1 Å². The van der Waals surface area contributed by atoms with E-state index in [9.17, 15) is 14.4 Å². The highest BCUT2D eigenvalue weighted by atomic mass is 16.2. The van der Waals surface area contributed by atoms with Gasteiger partial charge in [0.1, 0.15) is 6.54 Å². The van der Waals surface area contributed by atoms with Gasteiger partial charge in [-0.05, 0) is 24.8 Å². The predicted molar refractivity (Wildman–Crippen MR) is 86.8 cm³/mol. The normalized spacial score (nSPS) is 15.0. The number of pyridine rings is 1. The zero-order valence-electron chi connectivity index (χ0n) is 13.2. The lowest BCUT2D eigenvalue weighted by molar-refractivity contribution is -0.133. The van der Waals surface area contributed by atoms with Gasteiger partial charge in [0, 0.05) is 25.4 Å². The Balaban J connectivity index is 2.07. The number of nitrogens with one attached hydrogen (secondary N) is 1. The lowest BCUT2D eigenvalue weighted by atomic mass is 9.99. The molecule has 2 rings (SSSR count). The molecule has 0 saturated carbocycles. The Kier molecular flexibility index (Phi) is 5.58. The monoisotopic (exact) mass is 315 g/mol. The number of likely N-dealkylation sites (tertiary alicyclic amines) is 1. The van der Waals surface area contributed by atoms with Crippen molar-refractivity contribution in [2.45, 2.75) is 26.3 Å². The number of amides is 2. The quantitative estimate of drug-likeness (QED) is 0.821. The molecule has 0 atom stereocenters. The van der Waals surface area contributed by atoms with Crippen molar-refractivity contribution in [1.82, 2.24) is 14.8 Å². The fourth-order valence-electron chi connectivity index (χ4n) is 2.53. The van der Waals surface area contributed by atoms with E-state index >= 15 is 0 Å². The SMILES string of the molecule is C#CCNC(=O)c1ccc(=O)n(CC(=O)N2CCC(C)CC2)c1. The minimum absolute atomic E-state index is 0.0521. The summed E-state index contributed by atoms with van der Waals surface area (Å²) in [6.45, 7) is 3.67. The van der Waals surface area contributed by atoms with Crippen molar-refractivity contribution in [3.63, 3.8) is 0 Å². The predicted octanol–water partition coefficient (Wildman–Crippen LogP) is 0.470. The number of carbonyl (C=O) groups is 2. The molecule has 1 aliphatic heterocycles. The third-order valence-corrected chi connectivity index (χ3v) is 4.04. The van der Waals surface area contributed by atoms with Crippen LogP contribution in [0.4, 0.5) is 0 Å². The Morgan fingerprint density at radius 2 is 2.04 bits per heavy atom. The Morgan fingerprint density at radius 3 is 2.70 bits per heavy atom. The molecule has 0 aliphatic carbocycles. The molecule has 23 heavy (non-hydrogen) atoms. The summed E-state index contributed by atoms with van der Waals surface area (Å²) in [5.41, 5.74) is -0.00264. The molecule has 1 N–H and O–H groups in total. The molecule has 0 spiro atoms. The molecule has 1 aliphatic rings. The summed E-state index contributed by atoms with van der Waals surface area (Å²) in [7, 11) is 0. The van der Waals surface area contributed by atoms with E-state index in [4.69, 9.17) is 6.42 Å². The first kappa shape index (κ1) is 16.8. The van der Waals surface area contributed by atoms with Crippen LogP contribution in [0.3, 0.4) is 0 Å². The molecular formula is C17H21N3O3. The van der Waals surface area contributed by atoms with Crippen molar-refractivity contribution in [2.24, 2.45) is 5.92 Å². The van der Waals surface area contributed by atoms with Crippen LogP contribution in [0.5, 0.6) is 0 Å². The number of rotatable bonds is 4. The number of carbonyl (C=O) groups excluding carboxylic acids is 2. The van der Waals surface area contributed by atoms with Gasteiger partial charge in [-0.25, -0.2) is 0 Å². The minimum atomic E-state index is -0.365. The van der Waals surface area contributed by atoms with Gasteiger partial charge < -0.3 is 14.8 Å². The topological polar surface area (TPSA) is 71.4 Å². The highest BCUT2D eigenvalue weighted by Crippen LogP contribution is 2.16. The van der Waals surface area contributed by atoms with Crippen molar-refractivity contribution >= 4 is 11.8 Å². The molecule has 2 heterocycles. The van der Waals surface area contributed by atoms with Gasteiger partial charge in [0.25, 0.3) is 11.5 Å². The average molecular weight is 315 g/mol. The van der Waals surface area contributed by atoms with Crippen LogP contribution in [0.15, 0.2) is 23.1 Å². The van der Waals surface area contributed by atoms with Crippen LogP contribution in [-0.2, 0) is 11.3 Å². The maximum absolute atomic E-state index is 12.3. The van der Waals surface area contributed by atoms with Crippen LogP contribution in [0.1, 0.15) is 30.1 Å². The average Bonchev–Trinajstić information content (AvgIpc) is 2.55. The first-order chi connectivity index (χ1) is 11.0. The standard InChI is InChI=1S/C17H21N3O3/c1-3-8-18-17(23)14-4-5-15(21)20(11-14)12-16(22)19-9-6-13(2)7-10-19/h1,4-5,11,13H,6-10,12H2,2H3,(H,18,23). The van der Waals surface area contributed by atoms with Gasteiger partial charge in [-0.1, -0.05) is 12.8 Å². The van der Waals surface area contributed by atoms with Gasteiger partial charge in [0.15, 0.2) is 0 Å². The van der Waals surface area contributed by atoms with Crippen molar-refractivity contribution in [2.75, 3.05) is 19.6 Å². The second-order valence-electron chi connectivity index (χ2n) is 5.83. The lowest BCUT2D eigenvalue weighted by Gasteiger charge is -2.30. The second kappa shape index (κ2) is 7.63. The third-order valence-electron chi connectivity index (χ3n) is 4.04. The molecule has 0 aromatic carbocycles. The summed E-state index contributed by atoms with van der Waals surface area (Å²) < 4.78 is 1.27. The smallest absolute Gasteiger partial charge is 0.253 e. The summed E-state index contributed by atoms with van der Waals surface area (Å²) in [6, 6.07) is 2.72. The van der Waals surface area contributed by atoms with Crippen LogP contribution in [0, 0.1) is 18.3 Å². The molecule has 6 heteroatoms. The highest BCUT2D eigenvalue weighted by Gasteiger charge is 2.20. The summed E-state index contributed by atoms with van der Waals surface area (Å²) in [5.74, 6) is 2.48. The van der Waals surface area contributed by atoms with Gasteiger partial charge in [-0.15, -0.1) is 6.42 Å². The number of hydrogen-bond donors (Lipinski definition) is 1. The number of aromatic nitrogens is 1. The molecule has 1 fully saturated rings. The summed E-state index contributed by atoms with van der Waals surface area (Å²) in [4.78, 5) is 37.9. The summed E-state index contributed by atoms with van der Waals surface area (Å²) in [5, 5.41) is 2.53. The van der Waals surface area contributed by atoms with E-state index in [-0.39, 0.29) is 30.5 Å². The van der Waals surface area contributed by atoms with E-state index < -0.39 is 0 Å². The van der Waals surface area contributed by atoms with Crippen LogP contribution in [0.25, 0.3) is 0 Å². The van der Waals surface area contributed by atoms with Crippen molar-refractivity contribution in [3.05, 3.63) is 34.2 Å². The van der Waals surface area contributed by atoms with E-state index in [0.717, 1.165) is 25.9 Å². The molecule has 1 aromatic heterocycles. The fourth-order valence-corrected chi connectivity index (χ4v) is 2.53. The molecule has 0 radical (unpaired) electrons. The van der Waals surface area contributed by atoms with Crippen molar-refractivity contribution in [3.8, 4) is 12.3 Å². The Bertz CT molecular complexity index is 679. The zero-order chi connectivity index (χ0) is 16.8. The minimum Gasteiger partial charge on any atom is -0.341 e. The van der Waals surface area contributed by atoms with E-state index in [1.54, 1.807) is 4.90 Å². The molecular weight excluding hydrogens is 294 g/mol. The Morgan fingerprint density at radius 1 is 1.35 bits per heavy atom. The van der Waals surface area contributed by atoms with E-state index in [1.165, 1.54) is 22.9 Å². The van der Waals surface area contributed by atoms with Crippen LogP contribution in [-0.4, -0.2) is 40.9 Å². The number of hydrogen-bond acceptors (Lipinski definition) is 3. The van der Waals surface area contributed by atoms with E-state index in [1.807, 2.05) is 0 Å². The van der Waals surface area contributed by atoms with Crippen LogP contribution < -0.4 is 10.9 Å². The largest absolute Gasteiger partial charge is 0.341 e. The Labute approximate surface area is 135 Å². The first-order valence-corrected chi connectivity index (χ1v) is 7.71.